The zero-order valence-electron chi connectivity index (χ0n) is 16.9. The maximum Gasteiger partial charge on any atom is 0.332 e. The molecule has 6 heteroatoms. The van der Waals surface area contributed by atoms with Gasteiger partial charge in [-0.3, -0.25) is 5.01 Å². The summed E-state index contributed by atoms with van der Waals surface area (Å²) in [4.78, 5) is 24.8. The Balaban J connectivity index is 0.00000163. The van der Waals surface area contributed by atoms with Crippen molar-refractivity contribution in [2.45, 2.75) is 66.0 Å². The lowest BCUT2D eigenvalue weighted by atomic mass is 10.0. The number of nitrogens with one attached hydrogen (secondary N) is 2. The number of benzene rings is 1. The molecular weight excluding hydrogens is 330 g/mol. The highest BCUT2D eigenvalue weighted by Crippen LogP contribution is 2.13. The first-order valence-corrected chi connectivity index (χ1v) is 9.34. The molecule has 26 heavy (non-hydrogen) atoms. The van der Waals surface area contributed by atoms with E-state index >= 15 is 0 Å². The van der Waals surface area contributed by atoms with Gasteiger partial charge in [-0.1, -0.05) is 43.7 Å². The lowest BCUT2D eigenvalue weighted by Gasteiger charge is -2.26. The molecule has 2 rings (SSSR count). The standard InChI is InChI=1S/C18H27N3O3.C2H6/c1-13-6-8-14(9-7-13)12-15(16(22)24-18(2,3)4)20-17(23)21-11-5-10-19-21;1-2/h6-9,15,19H,5,10-12H2,1-4H3,(H,20,23);1-2H3/t15-;/m0./s1. The molecule has 2 N–H and O–H groups in total. The summed E-state index contributed by atoms with van der Waals surface area (Å²) in [5.41, 5.74) is 4.52. The second-order valence-corrected chi connectivity index (χ2v) is 7.14. The Labute approximate surface area is 157 Å². The number of hydrazine groups is 1. The molecule has 1 aromatic carbocycles. The predicted octanol–water partition coefficient (Wildman–Crippen LogP) is 3.19. The van der Waals surface area contributed by atoms with E-state index in [4.69, 9.17) is 4.74 Å². The summed E-state index contributed by atoms with van der Waals surface area (Å²) in [5, 5.41) is 4.30. The number of aryl methyl sites for hydroxylation is 1. The number of hydrogen-bond acceptors (Lipinski definition) is 4. The van der Waals surface area contributed by atoms with Gasteiger partial charge in [-0.25, -0.2) is 15.0 Å². The van der Waals surface area contributed by atoms with Crippen molar-refractivity contribution in [1.29, 1.82) is 0 Å². The summed E-state index contributed by atoms with van der Waals surface area (Å²) in [5.74, 6) is -0.421. The fourth-order valence-corrected chi connectivity index (χ4v) is 2.46. The Kier molecular flexibility index (Phi) is 8.58. The molecule has 2 amide bonds. The molecule has 1 heterocycles. The first-order valence-electron chi connectivity index (χ1n) is 9.34. The van der Waals surface area contributed by atoms with Gasteiger partial charge in [-0.2, -0.15) is 0 Å². The van der Waals surface area contributed by atoms with E-state index in [1.54, 1.807) is 0 Å². The molecule has 0 spiro atoms. The normalized spacial score (nSPS) is 14.9. The SMILES string of the molecule is CC.Cc1ccc(C[C@H](NC(=O)N2CCCN2)C(=O)OC(C)(C)C)cc1. The summed E-state index contributed by atoms with van der Waals surface area (Å²) < 4.78 is 5.47. The molecular formula is C20H33N3O3. The minimum absolute atomic E-state index is 0.296. The number of esters is 1. The molecule has 0 aliphatic carbocycles. The molecule has 146 valence electrons. The third-order valence-corrected chi connectivity index (χ3v) is 3.66. The number of rotatable bonds is 4. The van der Waals surface area contributed by atoms with Crippen molar-refractivity contribution in [3.05, 3.63) is 35.4 Å². The van der Waals surface area contributed by atoms with E-state index in [0.29, 0.717) is 13.0 Å². The summed E-state index contributed by atoms with van der Waals surface area (Å²) in [6.45, 7) is 12.9. The van der Waals surface area contributed by atoms with Gasteiger partial charge in [0.05, 0.1) is 0 Å². The average molecular weight is 364 g/mol. The molecule has 1 aliphatic rings. The number of ether oxygens (including phenoxy) is 1. The highest BCUT2D eigenvalue weighted by Gasteiger charge is 2.29. The number of hydrogen-bond donors (Lipinski definition) is 2. The Bertz CT molecular complexity index is 573. The fraction of sp³-hybridized carbons (Fsp3) is 0.600. The van der Waals surface area contributed by atoms with Gasteiger partial charge in [-0.15, -0.1) is 0 Å². The van der Waals surface area contributed by atoms with Gasteiger partial charge < -0.3 is 10.1 Å². The smallest absolute Gasteiger partial charge is 0.332 e. The molecule has 0 aromatic heterocycles. The Morgan fingerprint density at radius 1 is 1.23 bits per heavy atom. The zero-order valence-corrected chi connectivity index (χ0v) is 16.9. The monoisotopic (exact) mass is 363 g/mol. The fourth-order valence-electron chi connectivity index (χ4n) is 2.46. The van der Waals surface area contributed by atoms with E-state index in [1.807, 2.05) is 65.8 Å². The van der Waals surface area contributed by atoms with Crippen LogP contribution in [0.2, 0.25) is 0 Å². The van der Waals surface area contributed by atoms with Crippen molar-refractivity contribution in [2.75, 3.05) is 13.1 Å². The number of urea groups is 1. The van der Waals surface area contributed by atoms with Crippen LogP contribution in [0.4, 0.5) is 4.79 Å². The van der Waals surface area contributed by atoms with Crippen LogP contribution in [0.1, 0.15) is 52.2 Å². The van der Waals surface area contributed by atoms with Crippen molar-refractivity contribution in [1.82, 2.24) is 15.8 Å². The van der Waals surface area contributed by atoms with Gasteiger partial charge in [0.15, 0.2) is 0 Å². The maximum absolute atomic E-state index is 12.5. The van der Waals surface area contributed by atoms with E-state index in [1.165, 1.54) is 5.01 Å². The number of carbonyl (C=O) groups is 2. The third kappa shape index (κ3) is 7.44. The van der Waals surface area contributed by atoms with E-state index < -0.39 is 17.6 Å². The molecule has 0 unspecified atom stereocenters. The van der Waals surface area contributed by atoms with Crippen LogP contribution in [0.3, 0.4) is 0 Å². The van der Waals surface area contributed by atoms with Crippen molar-refractivity contribution >= 4 is 12.0 Å². The lowest BCUT2D eigenvalue weighted by Crippen LogP contribution is -2.52. The summed E-state index contributed by atoms with van der Waals surface area (Å²) in [6, 6.07) is 6.90. The van der Waals surface area contributed by atoms with Crippen molar-refractivity contribution < 1.29 is 14.3 Å². The van der Waals surface area contributed by atoms with Crippen LogP contribution >= 0.6 is 0 Å². The van der Waals surface area contributed by atoms with Gasteiger partial charge in [0, 0.05) is 19.5 Å². The maximum atomic E-state index is 12.5. The van der Waals surface area contributed by atoms with Crippen LogP contribution in [-0.2, 0) is 16.0 Å². The van der Waals surface area contributed by atoms with E-state index in [2.05, 4.69) is 10.7 Å². The number of amides is 2. The van der Waals surface area contributed by atoms with Gasteiger partial charge in [-0.05, 0) is 39.7 Å². The van der Waals surface area contributed by atoms with E-state index in [0.717, 1.165) is 24.1 Å². The van der Waals surface area contributed by atoms with Crippen molar-refractivity contribution in [3.8, 4) is 0 Å². The molecule has 1 atom stereocenters. The van der Waals surface area contributed by atoms with Crippen LogP contribution in [0.25, 0.3) is 0 Å². The van der Waals surface area contributed by atoms with Crippen LogP contribution in [0.5, 0.6) is 0 Å². The molecule has 1 aliphatic heterocycles. The average Bonchev–Trinajstić information content (AvgIpc) is 3.11. The van der Waals surface area contributed by atoms with Crippen molar-refractivity contribution in [2.24, 2.45) is 0 Å². The van der Waals surface area contributed by atoms with Crippen LogP contribution < -0.4 is 10.7 Å². The Hall–Kier alpha value is -2.08. The number of nitrogens with zero attached hydrogens (tertiary/aromatic N) is 1. The Morgan fingerprint density at radius 3 is 2.35 bits per heavy atom. The molecule has 0 saturated carbocycles. The summed E-state index contributed by atoms with van der Waals surface area (Å²) in [7, 11) is 0. The topological polar surface area (TPSA) is 70.7 Å². The molecule has 0 radical (unpaired) electrons. The molecule has 0 bridgehead atoms. The minimum atomic E-state index is -0.721. The summed E-state index contributed by atoms with van der Waals surface area (Å²) >= 11 is 0. The minimum Gasteiger partial charge on any atom is -0.458 e. The Morgan fingerprint density at radius 2 is 1.85 bits per heavy atom. The largest absolute Gasteiger partial charge is 0.458 e. The van der Waals surface area contributed by atoms with Crippen LogP contribution in [0.15, 0.2) is 24.3 Å². The molecule has 6 nitrogen and oxygen atoms in total. The van der Waals surface area contributed by atoms with Crippen molar-refractivity contribution in [3.63, 3.8) is 0 Å². The highest BCUT2D eigenvalue weighted by atomic mass is 16.6. The predicted molar refractivity (Wildman–Crippen MR) is 104 cm³/mol. The molecule has 1 aromatic rings. The first kappa shape index (κ1) is 22.0. The number of carbonyl (C=O) groups excluding carboxylic acids is 2. The second kappa shape index (κ2) is 10.2. The zero-order chi connectivity index (χ0) is 19.7. The van der Waals surface area contributed by atoms with E-state index in [9.17, 15) is 9.59 Å². The first-order chi connectivity index (χ1) is 12.2. The lowest BCUT2D eigenvalue weighted by molar-refractivity contribution is -0.157. The van der Waals surface area contributed by atoms with Crippen LogP contribution in [-0.4, -0.2) is 41.7 Å². The van der Waals surface area contributed by atoms with Gasteiger partial charge in [0.25, 0.3) is 0 Å². The molecule has 1 fully saturated rings. The highest BCUT2D eigenvalue weighted by molar-refractivity contribution is 5.84. The molecule has 1 saturated heterocycles. The van der Waals surface area contributed by atoms with Gasteiger partial charge in [0.2, 0.25) is 0 Å². The van der Waals surface area contributed by atoms with Crippen LogP contribution in [0, 0.1) is 6.92 Å². The quantitative estimate of drug-likeness (QED) is 0.806. The van der Waals surface area contributed by atoms with E-state index in [-0.39, 0.29) is 6.03 Å². The van der Waals surface area contributed by atoms with Gasteiger partial charge >= 0.3 is 12.0 Å². The third-order valence-electron chi connectivity index (χ3n) is 3.66. The second-order valence-electron chi connectivity index (χ2n) is 7.14. The summed E-state index contributed by atoms with van der Waals surface area (Å²) in [6.07, 6.45) is 1.30. The van der Waals surface area contributed by atoms with Gasteiger partial charge in [0.1, 0.15) is 11.6 Å².